The molecule has 1 saturated heterocycles. The third-order valence-corrected chi connectivity index (χ3v) is 9.40. The van der Waals surface area contributed by atoms with Crippen LogP contribution in [0.4, 0.5) is 0 Å². The number of amides is 1. The van der Waals surface area contributed by atoms with Gasteiger partial charge in [-0.2, -0.15) is 8.42 Å². The van der Waals surface area contributed by atoms with E-state index in [-0.39, 0.29) is 6.42 Å². The lowest BCUT2D eigenvalue weighted by molar-refractivity contribution is -0.298. The molecule has 1 fully saturated rings. The van der Waals surface area contributed by atoms with Crippen LogP contribution >= 0.6 is 0 Å². The van der Waals surface area contributed by atoms with Gasteiger partial charge in [-0.25, -0.2) is 4.18 Å². The molecule has 0 bridgehead atoms. The van der Waals surface area contributed by atoms with Gasteiger partial charge < -0.3 is 40.3 Å². The number of ether oxygens (including phenoxy) is 2. The maximum absolute atomic E-state index is 13.0. The monoisotopic (exact) mass is 725 g/mol. The third kappa shape index (κ3) is 21.0. The summed E-state index contributed by atoms with van der Waals surface area (Å²) in [6, 6.07) is -1.03. The molecule has 1 aliphatic heterocycles. The molecule has 1 heterocycles. The van der Waals surface area contributed by atoms with Crippen molar-refractivity contribution in [3.8, 4) is 0 Å². The zero-order chi connectivity index (χ0) is 36.5. The molecule has 0 radical (unpaired) electrons. The Labute approximate surface area is 294 Å². The molecular formula is C35H67NO12S. The molecule has 49 heavy (non-hydrogen) atoms. The Bertz CT molecular complexity index is 968. The Morgan fingerprint density at radius 3 is 1.90 bits per heavy atom. The molecule has 0 aromatic carbocycles. The van der Waals surface area contributed by atoms with E-state index in [2.05, 4.69) is 35.5 Å². The van der Waals surface area contributed by atoms with Crippen molar-refractivity contribution in [2.45, 2.75) is 191 Å². The SMILES string of the molecule is CCCC/C=C\CCCCCCC(O)C(=O)NC(COC1OC(CO)C(O)C(OS(=O)(=O)O)C1O)C(O)CCCCCCCCCCCC. The second-order valence-electron chi connectivity index (χ2n) is 13.3. The van der Waals surface area contributed by atoms with Gasteiger partial charge in [-0.3, -0.25) is 9.35 Å². The molecule has 13 nitrogen and oxygen atoms in total. The van der Waals surface area contributed by atoms with Gasteiger partial charge in [0.1, 0.15) is 30.5 Å². The van der Waals surface area contributed by atoms with Crippen LogP contribution in [0.3, 0.4) is 0 Å². The number of carbonyl (C=O) groups excluding carboxylic acids is 1. The van der Waals surface area contributed by atoms with E-state index in [0.717, 1.165) is 51.4 Å². The first-order valence-electron chi connectivity index (χ1n) is 18.7. The second-order valence-corrected chi connectivity index (χ2v) is 14.4. The van der Waals surface area contributed by atoms with Gasteiger partial charge >= 0.3 is 10.4 Å². The van der Waals surface area contributed by atoms with E-state index in [1.165, 1.54) is 51.4 Å². The zero-order valence-corrected chi connectivity index (χ0v) is 30.7. The van der Waals surface area contributed by atoms with Crippen LogP contribution in [-0.4, -0.2) is 107 Å². The molecule has 0 aromatic rings. The van der Waals surface area contributed by atoms with E-state index in [1.54, 1.807) is 0 Å². The van der Waals surface area contributed by atoms with Crippen LogP contribution in [0, 0.1) is 0 Å². The highest BCUT2D eigenvalue weighted by atomic mass is 32.3. The lowest BCUT2D eigenvalue weighted by Crippen LogP contribution is -2.61. The fourth-order valence-electron chi connectivity index (χ4n) is 5.86. The maximum atomic E-state index is 13.0. The first kappa shape index (κ1) is 45.8. The number of unbranched alkanes of at least 4 members (excludes halogenated alkanes) is 15. The van der Waals surface area contributed by atoms with Crippen LogP contribution in [0.5, 0.6) is 0 Å². The zero-order valence-electron chi connectivity index (χ0n) is 29.9. The van der Waals surface area contributed by atoms with Gasteiger partial charge in [0.15, 0.2) is 6.29 Å². The quantitative estimate of drug-likeness (QED) is 0.0315. The summed E-state index contributed by atoms with van der Waals surface area (Å²) < 4.78 is 47.2. The molecular weight excluding hydrogens is 658 g/mol. The summed E-state index contributed by atoms with van der Waals surface area (Å²) in [6.45, 7) is 3.15. The highest BCUT2D eigenvalue weighted by Crippen LogP contribution is 2.26. The van der Waals surface area contributed by atoms with E-state index >= 15 is 0 Å². The number of aliphatic hydroxyl groups excluding tert-OH is 5. The Balaban J connectivity index is 2.72. The maximum Gasteiger partial charge on any atom is 0.397 e. The molecule has 8 atom stereocenters. The van der Waals surface area contributed by atoms with Crippen LogP contribution in [0.15, 0.2) is 12.2 Å². The average Bonchev–Trinajstić information content (AvgIpc) is 3.06. The predicted molar refractivity (Wildman–Crippen MR) is 187 cm³/mol. The van der Waals surface area contributed by atoms with E-state index in [4.69, 9.17) is 14.0 Å². The molecule has 0 aromatic heterocycles. The molecule has 1 rings (SSSR count). The standard InChI is InChI=1S/C35H67NO12S/c1-3-5-7-9-11-13-15-17-19-21-23-28(38)27(36-34(42)29(39)24-22-20-18-16-14-12-10-8-6-4-2)26-46-35-32(41)33(48-49(43,44)45)31(40)30(25-37)47-35/h10,12,27-33,35,37-41H,3-9,11,13-26H2,1-2H3,(H,36,42)(H,43,44,45)/b12-10-. The van der Waals surface area contributed by atoms with E-state index < -0.39 is 78.5 Å². The van der Waals surface area contributed by atoms with Crippen molar-refractivity contribution >= 4 is 16.3 Å². The van der Waals surface area contributed by atoms with Crippen LogP contribution in [0.2, 0.25) is 0 Å². The van der Waals surface area contributed by atoms with E-state index in [1.807, 2.05) is 0 Å². The minimum atomic E-state index is -5.10. The van der Waals surface area contributed by atoms with Crippen molar-refractivity contribution in [1.82, 2.24) is 5.32 Å². The Kier molecular flexibility index (Phi) is 25.7. The molecule has 0 aliphatic carbocycles. The number of hydrogen-bond acceptors (Lipinski definition) is 11. The van der Waals surface area contributed by atoms with Crippen LogP contribution < -0.4 is 5.32 Å². The van der Waals surface area contributed by atoms with Gasteiger partial charge in [-0.15, -0.1) is 0 Å². The summed E-state index contributed by atoms with van der Waals surface area (Å²) in [4.78, 5) is 13.0. The molecule has 14 heteroatoms. The summed E-state index contributed by atoms with van der Waals surface area (Å²) in [6.07, 6.45) is 12.9. The molecule has 0 saturated carbocycles. The smallest absolute Gasteiger partial charge is 0.394 e. The van der Waals surface area contributed by atoms with Crippen molar-refractivity contribution in [1.29, 1.82) is 0 Å². The van der Waals surface area contributed by atoms with Crippen molar-refractivity contribution in [3.63, 3.8) is 0 Å². The van der Waals surface area contributed by atoms with E-state index in [0.29, 0.717) is 19.3 Å². The minimum Gasteiger partial charge on any atom is -0.394 e. The molecule has 290 valence electrons. The number of hydrogen-bond donors (Lipinski definition) is 7. The summed E-state index contributed by atoms with van der Waals surface area (Å²) in [5.74, 6) is -0.684. The number of rotatable bonds is 30. The van der Waals surface area contributed by atoms with Gasteiger partial charge in [0.05, 0.1) is 25.4 Å². The van der Waals surface area contributed by atoms with Crippen molar-refractivity contribution in [2.75, 3.05) is 13.2 Å². The van der Waals surface area contributed by atoms with Gasteiger partial charge in [0.25, 0.3) is 0 Å². The van der Waals surface area contributed by atoms with Gasteiger partial charge in [-0.1, -0.05) is 122 Å². The highest BCUT2D eigenvalue weighted by molar-refractivity contribution is 7.80. The molecule has 8 unspecified atom stereocenters. The van der Waals surface area contributed by atoms with Crippen LogP contribution in [-0.2, 0) is 28.9 Å². The summed E-state index contributed by atoms with van der Waals surface area (Å²) >= 11 is 0. The largest absolute Gasteiger partial charge is 0.397 e. The van der Waals surface area contributed by atoms with Crippen molar-refractivity contribution < 1.29 is 57.0 Å². The molecule has 7 N–H and O–H groups in total. The number of aliphatic hydroxyl groups is 5. The van der Waals surface area contributed by atoms with Crippen LogP contribution in [0.1, 0.15) is 142 Å². The summed E-state index contributed by atoms with van der Waals surface area (Å²) in [5.41, 5.74) is 0. The average molecular weight is 726 g/mol. The minimum absolute atomic E-state index is 0.245. The molecule has 0 spiro atoms. The fourth-order valence-corrected chi connectivity index (χ4v) is 6.36. The predicted octanol–water partition coefficient (Wildman–Crippen LogP) is 4.23. The molecule has 1 amide bonds. The van der Waals surface area contributed by atoms with Gasteiger partial charge in [0.2, 0.25) is 5.91 Å². The Morgan fingerprint density at radius 1 is 0.796 bits per heavy atom. The summed E-state index contributed by atoms with van der Waals surface area (Å²) in [5, 5.41) is 54.8. The van der Waals surface area contributed by atoms with E-state index in [9.17, 15) is 38.7 Å². The lowest BCUT2D eigenvalue weighted by Gasteiger charge is -2.41. The summed E-state index contributed by atoms with van der Waals surface area (Å²) in [7, 11) is -5.10. The van der Waals surface area contributed by atoms with Crippen LogP contribution in [0.25, 0.3) is 0 Å². The Hall–Kier alpha value is -1.20. The first-order valence-corrected chi connectivity index (χ1v) is 20.0. The lowest BCUT2D eigenvalue weighted by atomic mass is 9.99. The van der Waals surface area contributed by atoms with Gasteiger partial charge in [-0.05, 0) is 32.1 Å². The molecule has 1 aliphatic rings. The number of nitrogens with one attached hydrogen (secondary N) is 1. The third-order valence-electron chi connectivity index (χ3n) is 8.93. The van der Waals surface area contributed by atoms with Gasteiger partial charge in [0, 0.05) is 0 Å². The van der Waals surface area contributed by atoms with Crippen molar-refractivity contribution in [2.24, 2.45) is 0 Å². The number of carbonyl (C=O) groups is 1. The fraction of sp³-hybridized carbons (Fsp3) is 0.914. The normalized spacial score (nSPS) is 23.5. The second kappa shape index (κ2) is 27.5. The Morgan fingerprint density at radius 2 is 1.33 bits per heavy atom. The van der Waals surface area contributed by atoms with Crippen molar-refractivity contribution in [3.05, 3.63) is 12.2 Å². The number of allylic oxidation sites excluding steroid dienone is 2. The topological polar surface area (TPSA) is 212 Å². The first-order chi connectivity index (χ1) is 23.4. The highest BCUT2D eigenvalue weighted by Gasteiger charge is 2.48.